The number of carbonyl (C=O) groups is 2. The molecule has 1 aliphatic rings. The minimum atomic E-state index is -4.50. The van der Waals surface area contributed by atoms with Gasteiger partial charge in [-0.05, 0) is 57.7 Å². The maximum atomic E-state index is 12.8. The van der Waals surface area contributed by atoms with Gasteiger partial charge < -0.3 is 19.7 Å². The lowest BCUT2D eigenvalue weighted by molar-refractivity contribution is -0.147. The molecule has 0 radical (unpaired) electrons. The van der Waals surface area contributed by atoms with E-state index >= 15 is 0 Å². The zero-order chi connectivity index (χ0) is 26.7. The molecule has 2 N–H and O–H groups in total. The number of ether oxygens (including phenoxy) is 2. The molecule has 0 aliphatic heterocycles. The number of rotatable bonds is 12. The quantitative estimate of drug-likeness (QED) is 0.232. The second-order valence-electron chi connectivity index (χ2n) is 9.18. The van der Waals surface area contributed by atoms with Crippen LogP contribution in [0.25, 0.3) is 0 Å². The second kappa shape index (κ2) is 14.2. The summed E-state index contributed by atoms with van der Waals surface area (Å²) in [4.78, 5) is 24.1. The van der Waals surface area contributed by atoms with Gasteiger partial charge in [-0.15, -0.1) is 0 Å². The van der Waals surface area contributed by atoms with Crippen LogP contribution in [0.3, 0.4) is 0 Å². The molecule has 0 heterocycles. The molecule has 1 fully saturated rings. The van der Waals surface area contributed by atoms with Crippen molar-refractivity contribution in [3.63, 3.8) is 0 Å². The van der Waals surface area contributed by atoms with Crippen molar-refractivity contribution in [2.75, 3.05) is 6.61 Å². The summed E-state index contributed by atoms with van der Waals surface area (Å²) in [5.41, 5.74) is -0.847. The summed E-state index contributed by atoms with van der Waals surface area (Å²) in [7, 11) is 0. The number of ketones is 1. The molecule has 9 heteroatoms. The first-order chi connectivity index (χ1) is 17.0. The van der Waals surface area contributed by atoms with Crippen LogP contribution in [0.15, 0.2) is 48.6 Å². The predicted octanol–water partition coefficient (Wildman–Crippen LogP) is 5.03. The van der Waals surface area contributed by atoms with Gasteiger partial charge >= 0.3 is 12.1 Å². The summed E-state index contributed by atoms with van der Waals surface area (Å²) in [6.45, 7) is 3.31. The van der Waals surface area contributed by atoms with Crippen molar-refractivity contribution >= 4 is 11.8 Å². The van der Waals surface area contributed by atoms with Crippen LogP contribution in [0.5, 0.6) is 5.75 Å². The Hall–Kier alpha value is -2.65. The third-order valence-corrected chi connectivity index (χ3v) is 5.82. The van der Waals surface area contributed by atoms with Crippen LogP contribution in [0.2, 0.25) is 0 Å². The van der Waals surface area contributed by atoms with E-state index < -0.39 is 35.8 Å². The Labute approximate surface area is 209 Å². The fraction of sp³-hybridized carbons (Fsp3) is 0.556. The predicted molar refractivity (Wildman–Crippen MR) is 128 cm³/mol. The van der Waals surface area contributed by atoms with Gasteiger partial charge in [-0.25, -0.2) is 0 Å². The summed E-state index contributed by atoms with van der Waals surface area (Å²) < 4.78 is 48.9. The van der Waals surface area contributed by atoms with Gasteiger partial charge in [-0.2, -0.15) is 13.2 Å². The summed E-state index contributed by atoms with van der Waals surface area (Å²) in [5.74, 6) is -1.20. The lowest BCUT2D eigenvalue weighted by atomic mass is 9.74. The first-order valence-electron chi connectivity index (χ1n) is 12.2. The molecular weight excluding hydrogens is 477 g/mol. The molecule has 36 heavy (non-hydrogen) atoms. The SMILES string of the molecule is CC(C)OC(=O)CCCC=CCC1C(=O)CCC(O)C1C=CC(O)COc1cccc(C(F)(F)F)c1. The molecule has 0 aromatic heterocycles. The minimum absolute atomic E-state index is 0.0226. The third kappa shape index (κ3) is 10.1. The van der Waals surface area contributed by atoms with Crippen LogP contribution in [0.4, 0.5) is 13.2 Å². The molecule has 4 unspecified atom stereocenters. The largest absolute Gasteiger partial charge is 0.491 e. The number of Topliss-reactive ketones (excluding diaryl/α,β-unsaturated/α-hetero) is 1. The van der Waals surface area contributed by atoms with Crippen LogP contribution in [0, 0.1) is 11.8 Å². The normalized spacial score (nSPS) is 21.9. The molecule has 4 atom stereocenters. The van der Waals surface area contributed by atoms with E-state index in [2.05, 4.69) is 0 Å². The molecule has 2 rings (SSSR count). The zero-order valence-corrected chi connectivity index (χ0v) is 20.6. The average Bonchev–Trinajstić information content (AvgIpc) is 2.80. The van der Waals surface area contributed by atoms with E-state index in [0.717, 1.165) is 12.1 Å². The van der Waals surface area contributed by atoms with Gasteiger partial charge in [0.15, 0.2) is 0 Å². The van der Waals surface area contributed by atoms with Crippen molar-refractivity contribution in [2.45, 2.75) is 76.9 Å². The number of unbranched alkanes of at least 4 members (excludes halogenated alkanes) is 1. The average molecular weight is 513 g/mol. The first-order valence-corrected chi connectivity index (χ1v) is 12.2. The number of hydrogen-bond acceptors (Lipinski definition) is 6. The highest BCUT2D eigenvalue weighted by molar-refractivity contribution is 5.82. The molecule has 200 valence electrons. The number of aliphatic hydroxyl groups is 2. The van der Waals surface area contributed by atoms with Gasteiger partial charge in [0.05, 0.1) is 17.8 Å². The van der Waals surface area contributed by atoms with E-state index in [1.807, 2.05) is 12.2 Å². The molecule has 0 spiro atoms. The van der Waals surface area contributed by atoms with E-state index in [1.54, 1.807) is 19.9 Å². The zero-order valence-electron chi connectivity index (χ0n) is 20.6. The minimum Gasteiger partial charge on any atom is -0.491 e. The van der Waals surface area contributed by atoms with E-state index in [0.29, 0.717) is 32.1 Å². The maximum absolute atomic E-state index is 12.8. The molecule has 6 nitrogen and oxygen atoms in total. The Balaban J connectivity index is 1.88. The summed E-state index contributed by atoms with van der Waals surface area (Å²) in [5, 5.41) is 20.7. The van der Waals surface area contributed by atoms with Crippen molar-refractivity contribution in [3.8, 4) is 5.75 Å². The Morgan fingerprint density at radius 3 is 2.69 bits per heavy atom. The van der Waals surface area contributed by atoms with Crippen LogP contribution < -0.4 is 4.74 Å². The molecule has 1 aromatic rings. The number of aliphatic hydroxyl groups excluding tert-OH is 2. The standard InChI is InChI=1S/C27H35F3O6/c1-18(2)36-26(34)11-6-4-3-5-10-22-23(25(33)15-14-24(22)32)13-12-20(31)17-35-21-9-7-8-19(16-21)27(28,29)30/h3,5,7-9,12-13,16,18,20,22-23,25,31,33H,4,6,10-11,14-15,17H2,1-2H3. The van der Waals surface area contributed by atoms with Crippen LogP contribution >= 0.6 is 0 Å². The van der Waals surface area contributed by atoms with Gasteiger partial charge in [0.25, 0.3) is 0 Å². The highest BCUT2D eigenvalue weighted by Gasteiger charge is 2.35. The number of benzene rings is 1. The molecule has 1 aromatic carbocycles. The molecular formula is C27H35F3O6. The van der Waals surface area contributed by atoms with Gasteiger partial charge in [-0.1, -0.05) is 30.4 Å². The Morgan fingerprint density at radius 2 is 2.00 bits per heavy atom. The van der Waals surface area contributed by atoms with Crippen LogP contribution in [0.1, 0.15) is 57.9 Å². The molecule has 1 saturated carbocycles. The number of hydrogen-bond donors (Lipinski definition) is 2. The van der Waals surface area contributed by atoms with Crippen molar-refractivity contribution in [3.05, 3.63) is 54.1 Å². The van der Waals surface area contributed by atoms with Crippen LogP contribution in [-0.2, 0) is 20.5 Å². The lowest BCUT2D eigenvalue weighted by Gasteiger charge is -2.32. The van der Waals surface area contributed by atoms with Gasteiger partial charge in [0, 0.05) is 24.7 Å². The smallest absolute Gasteiger partial charge is 0.416 e. The number of alkyl halides is 3. The molecule has 0 saturated heterocycles. The summed E-state index contributed by atoms with van der Waals surface area (Å²) >= 11 is 0. The van der Waals surface area contributed by atoms with Crippen molar-refractivity contribution < 1.29 is 42.4 Å². The molecule has 0 amide bonds. The van der Waals surface area contributed by atoms with E-state index in [1.165, 1.54) is 18.2 Å². The van der Waals surface area contributed by atoms with Gasteiger partial charge in [0.1, 0.15) is 24.2 Å². The van der Waals surface area contributed by atoms with Crippen molar-refractivity contribution in [2.24, 2.45) is 11.8 Å². The Bertz CT molecular complexity index is 909. The fourth-order valence-corrected chi connectivity index (χ4v) is 4.00. The lowest BCUT2D eigenvalue weighted by Crippen LogP contribution is -2.37. The van der Waals surface area contributed by atoms with E-state index in [9.17, 15) is 33.0 Å². The molecule has 0 bridgehead atoms. The van der Waals surface area contributed by atoms with Gasteiger partial charge in [-0.3, -0.25) is 9.59 Å². The summed E-state index contributed by atoms with van der Waals surface area (Å²) in [6.07, 6.45) is 2.83. The summed E-state index contributed by atoms with van der Waals surface area (Å²) in [6, 6.07) is 4.38. The van der Waals surface area contributed by atoms with E-state index in [-0.39, 0.29) is 36.6 Å². The number of esters is 1. The monoisotopic (exact) mass is 512 g/mol. The fourth-order valence-electron chi connectivity index (χ4n) is 4.00. The van der Waals surface area contributed by atoms with Crippen LogP contribution in [-0.4, -0.2) is 46.9 Å². The van der Waals surface area contributed by atoms with Crippen molar-refractivity contribution in [1.82, 2.24) is 0 Å². The van der Waals surface area contributed by atoms with E-state index in [4.69, 9.17) is 9.47 Å². The van der Waals surface area contributed by atoms with Gasteiger partial charge in [0.2, 0.25) is 0 Å². The third-order valence-electron chi connectivity index (χ3n) is 5.82. The number of carbonyl (C=O) groups excluding carboxylic acids is 2. The Kier molecular flexibility index (Phi) is 11.7. The Morgan fingerprint density at radius 1 is 1.25 bits per heavy atom. The molecule has 1 aliphatic carbocycles. The highest BCUT2D eigenvalue weighted by atomic mass is 19.4. The maximum Gasteiger partial charge on any atom is 0.416 e. The highest BCUT2D eigenvalue weighted by Crippen LogP contribution is 2.33. The number of allylic oxidation sites excluding steroid dienone is 2. The number of halogens is 3. The topological polar surface area (TPSA) is 93.1 Å². The first kappa shape index (κ1) is 29.6. The van der Waals surface area contributed by atoms with Crippen molar-refractivity contribution in [1.29, 1.82) is 0 Å². The second-order valence-corrected chi connectivity index (χ2v) is 9.18.